The van der Waals surface area contributed by atoms with Gasteiger partial charge < -0.3 is 10.1 Å². The molecule has 0 unspecified atom stereocenters. The first kappa shape index (κ1) is 17.3. The van der Waals surface area contributed by atoms with Crippen LogP contribution in [0.25, 0.3) is 0 Å². The Bertz CT molecular complexity index is 424. The molecule has 1 heterocycles. The molecule has 5 nitrogen and oxygen atoms in total. The summed E-state index contributed by atoms with van der Waals surface area (Å²) < 4.78 is 5.17. The Balaban J connectivity index is 2.35. The first-order valence-corrected chi connectivity index (χ1v) is 7.60. The second kappa shape index (κ2) is 8.49. The van der Waals surface area contributed by atoms with Crippen LogP contribution >= 0.6 is 0 Å². The first-order valence-electron chi connectivity index (χ1n) is 7.60. The number of amides is 1. The van der Waals surface area contributed by atoms with E-state index in [2.05, 4.69) is 22.5 Å². The minimum Gasteiger partial charge on any atom is -0.444 e. The number of ether oxygens (including phenoxy) is 1. The molecule has 21 heavy (non-hydrogen) atoms. The van der Waals surface area contributed by atoms with Gasteiger partial charge in [0, 0.05) is 6.54 Å². The number of unbranched alkanes of at least 4 members (excludes halogenated alkanes) is 3. The molecule has 0 atom stereocenters. The number of pyridine rings is 1. The lowest BCUT2D eigenvalue weighted by atomic mass is 10.2. The molecule has 118 valence electrons. The Morgan fingerprint density at radius 3 is 2.57 bits per heavy atom. The highest BCUT2D eigenvalue weighted by atomic mass is 16.6. The molecule has 0 bridgehead atoms. The number of anilines is 2. The van der Waals surface area contributed by atoms with Gasteiger partial charge in [-0.25, -0.2) is 9.78 Å². The molecule has 1 rings (SSSR count). The van der Waals surface area contributed by atoms with E-state index in [1.165, 1.54) is 19.3 Å². The van der Waals surface area contributed by atoms with E-state index in [1.807, 2.05) is 26.8 Å². The topological polar surface area (TPSA) is 63.2 Å². The van der Waals surface area contributed by atoms with E-state index in [-0.39, 0.29) is 0 Å². The molecule has 2 N–H and O–H groups in total. The third-order valence-corrected chi connectivity index (χ3v) is 2.75. The van der Waals surface area contributed by atoms with Crippen molar-refractivity contribution in [3.63, 3.8) is 0 Å². The molecule has 0 aliphatic carbocycles. The van der Waals surface area contributed by atoms with Crippen molar-refractivity contribution >= 4 is 17.6 Å². The van der Waals surface area contributed by atoms with Crippen LogP contribution in [0.5, 0.6) is 0 Å². The fourth-order valence-electron chi connectivity index (χ4n) is 1.77. The highest BCUT2D eigenvalue weighted by molar-refractivity contribution is 5.83. The zero-order valence-corrected chi connectivity index (χ0v) is 13.5. The van der Waals surface area contributed by atoms with Crippen molar-refractivity contribution in [1.82, 2.24) is 4.98 Å². The van der Waals surface area contributed by atoms with Crippen LogP contribution in [0.3, 0.4) is 0 Å². The van der Waals surface area contributed by atoms with Crippen LogP contribution in [0.2, 0.25) is 0 Å². The zero-order chi connectivity index (χ0) is 15.7. The van der Waals surface area contributed by atoms with Gasteiger partial charge in [0.2, 0.25) is 0 Å². The summed E-state index contributed by atoms with van der Waals surface area (Å²) in [6.45, 7) is 8.62. The average Bonchev–Trinajstić information content (AvgIpc) is 2.38. The van der Waals surface area contributed by atoms with E-state index in [9.17, 15) is 4.79 Å². The first-order chi connectivity index (χ1) is 9.90. The largest absolute Gasteiger partial charge is 0.444 e. The predicted molar refractivity (Wildman–Crippen MR) is 86.7 cm³/mol. The summed E-state index contributed by atoms with van der Waals surface area (Å²) in [6, 6.07) is 3.66. The summed E-state index contributed by atoms with van der Waals surface area (Å²) in [4.78, 5) is 15.8. The summed E-state index contributed by atoms with van der Waals surface area (Å²) in [5, 5.41) is 5.93. The number of rotatable bonds is 7. The number of nitrogens with zero attached hydrogens (tertiary/aromatic N) is 1. The molecule has 0 saturated carbocycles. The summed E-state index contributed by atoms with van der Waals surface area (Å²) in [5.41, 5.74) is 0.450. The molecule has 1 aromatic heterocycles. The van der Waals surface area contributed by atoms with Crippen molar-refractivity contribution in [2.75, 3.05) is 17.2 Å². The molecule has 0 aliphatic rings. The van der Waals surface area contributed by atoms with Crippen molar-refractivity contribution in [3.05, 3.63) is 18.3 Å². The Morgan fingerprint density at radius 2 is 2.00 bits per heavy atom. The second-order valence-electron chi connectivity index (χ2n) is 6.05. The van der Waals surface area contributed by atoms with Gasteiger partial charge in [-0.05, 0) is 39.3 Å². The number of carbonyl (C=O) groups excluding carboxylic acids is 1. The highest BCUT2D eigenvalue weighted by Gasteiger charge is 2.16. The molecule has 0 fully saturated rings. The van der Waals surface area contributed by atoms with Gasteiger partial charge in [-0.2, -0.15) is 0 Å². The molecule has 0 aromatic carbocycles. The zero-order valence-electron chi connectivity index (χ0n) is 13.5. The molecule has 1 amide bonds. The summed E-state index contributed by atoms with van der Waals surface area (Å²) >= 11 is 0. The minimum absolute atomic E-state index is 0.487. The quantitative estimate of drug-likeness (QED) is 0.730. The lowest BCUT2D eigenvalue weighted by molar-refractivity contribution is 0.0635. The molecule has 1 aromatic rings. The van der Waals surface area contributed by atoms with Crippen LogP contribution in [-0.2, 0) is 4.74 Å². The lowest BCUT2D eigenvalue weighted by Crippen LogP contribution is -2.27. The Kier molecular flexibility index (Phi) is 6.99. The Morgan fingerprint density at radius 1 is 1.24 bits per heavy atom. The summed E-state index contributed by atoms with van der Waals surface area (Å²) in [6.07, 6.45) is 6.15. The Labute approximate surface area is 127 Å². The molecule has 5 heteroatoms. The van der Waals surface area contributed by atoms with Crippen LogP contribution in [0.15, 0.2) is 18.3 Å². The van der Waals surface area contributed by atoms with Gasteiger partial charge >= 0.3 is 6.09 Å². The van der Waals surface area contributed by atoms with Gasteiger partial charge in [0.25, 0.3) is 0 Å². The number of hydrogen-bond donors (Lipinski definition) is 2. The summed E-state index contributed by atoms with van der Waals surface area (Å²) in [5.74, 6) is 0.487. The van der Waals surface area contributed by atoms with Gasteiger partial charge in [-0.1, -0.05) is 26.2 Å². The SMILES string of the molecule is CCCCCCNc1ccc(NC(=O)OC(C)(C)C)nc1. The number of nitrogens with one attached hydrogen (secondary N) is 2. The van der Waals surface area contributed by atoms with Crippen molar-refractivity contribution in [3.8, 4) is 0 Å². The fourth-order valence-corrected chi connectivity index (χ4v) is 1.77. The monoisotopic (exact) mass is 293 g/mol. The molecule has 0 saturated heterocycles. The normalized spacial score (nSPS) is 11.0. The maximum absolute atomic E-state index is 11.6. The van der Waals surface area contributed by atoms with Crippen LogP contribution in [0, 0.1) is 0 Å². The van der Waals surface area contributed by atoms with E-state index >= 15 is 0 Å². The van der Waals surface area contributed by atoms with E-state index in [0.29, 0.717) is 5.82 Å². The fraction of sp³-hybridized carbons (Fsp3) is 0.625. The van der Waals surface area contributed by atoms with Crippen LogP contribution in [-0.4, -0.2) is 23.2 Å². The van der Waals surface area contributed by atoms with Crippen LogP contribution in [0.4, 0.5) is 16.3 Å². The van der Waals surface area contributed by atoms with Crippen molar-refractivity contribution in [1.29, 1.82) is 0 Å². The number of aromatic nitrogens is 1. The highest BCUT2D eigenvalue weighted by Crippen LogP contribution is 2.12. The van der Waals surface area contributed by atoms with Crippen LogP contribution < -0.4 is 10.6 Å². The summed E-state index contributed by atoms with van der Waals surface area (Å²) in [7, 11) is 0. The standard InChI is InChI=1S/C16H27N3O2/c1-5-6-7-8-11-17-13-9-10-14(18-12-13)19-15(20)21-16(2,3)4/h9-10,12,17H,5-8,11H2,1-4H3,(H,18,19,20). The molecule has 0 aliphatic heterocycles. The van der Waals surface area contributed by atoms with Gasteiger partial charge in [0.1, 0.15) is 11.4 Å². The van der Waals surface area contributed by atoms with E-state index in [0.717, 1.165) is 18.7 Å². The number of hydrogen-bond acceptors (Lipinski definition) is 4. The number of carbonyl (C=O) groups is 1. The third kappa shape index (κ3) is 8.17. The van der Waals surface area contributed by atoms with Gasteiger partial charge in [-0.3, -0.25) is 5.32 Å². The third-order valence-electron chi connectivity index (χ3n) is 2.75. The van der Waals surface area contributed by atoms with Crippen molar-refractivity contribution in [2.24, 2.45) is 0 Å². The average molecular weight is 293 g/mol. The van der Waals surface area contributed by atoms with Crippen molar-refractivity contribution in [2.45, 2.75) is 59.0 Å². The maximum atomic E-state index is 11.6. The molecular formula is C16H27N3O2. The maximum Gasteiger partial charge on any atom is 0.413 e. The smallest absolute Gasteiger partial charge is 0.413 e. The minimum atomic E-state index is -0.510. The molecular weight excluding hydrogens is 266 g/mol. The van der Waals surface area contributed by atoms with E-state index < -0.39 is 11.7 Å². The predicted octanol–water partition coefficient (Wildman–Crippen LogP) is 4.42. The molecule has 0 radical (unpaired) electrons. The molecule has 0 spiro atoms. The van der Waals surface area contributed by atoms with Gasteiger partial charge in [0.15, 0.2) is 0 Å². The lowest BCUT2D eigenvalue weighted by Gasteiger charge is -2.19. The van der Waals surface area contributed by atoms with Crippen LogP contribution in [0.1, 0.15) is 53.4 Å². The van der Waals surface area contributed by atoms with Gasteiger partial charge in [-0.15, -0.1) is 0 Å². The second-order valence-corrected chi connectivity index (χ2v) is 6.05. The Hall–Kier alpha value is -1.78. The van der Waals surface area contributed by atoms with E-state index in [4.69, 9.17) is 4.74 Å². The van der Waals surface area contributed by atoms with E-state index in [1.54, 1.807) is 12.3 Å². The van der Waals surface area contributed by atoms with Gasteiger partial charge in [0.05, 0.1) is 11.9 Å². The van der Waals surface area contributed by atoms with Crippen molar-refractivity contribution < 1.29 is 9.53 Å².